The van der Waals surface area contributed by atoms with Crippen LogP contribution in [-0.2, 0) is 57.3 Å². The van der Waals surface area contributed by atoms with E-state index in [0.29, 0.717) is 104 Å². The number of amides is 4. The molecule has 1 aromatic rings. The number of hydroxylamine groups is 2. The number of ketones is 2. The number of likely N-dealkylation sites (tertiary alicyclic amines) is 1. The van der Waals surface area contributed by atoms with Gasteiger partial charge in [-0.2, -0.15) is 0 Å². The van der Waals surface area contributed by atoms with Crippen LogP contribution >= 0.6 is 0 Å². The Morgan fingerprint density at radius 1 is 0.810 bits per heavy atom. The van der Waals surface area contributed by atoms with Crippen LogP contribution in [0.15, 0.2) is 30.3 Å². The summed E-state index contributed by atoms with van der Waals surface area (Å²) >= 11 is 0. The minimum atomic E-state index is -0.841. The topological polar surface area (TPSA) is 183 Å². The lowest BCUT2D eigenvalue weighted by molar-refractivity contribution is -0.203. The highest BCUT2D eigenvalue weighted by Gasteiger charge is 2.61. The molecule has 1 saturated carbocycles. The molecule has 0 aromatic heterocycles. The zero-order valence-corrected chi connectivity index (χ0v) is 51.2. The van der Waals surface area contributed by atoms with Crippen molar-refractivity contribution in [3.8, 4) is 0 Å². The van der Waals surface area contributed by atoms with Gasteiger partial charge in [0.25, 0.3) is 5.91 Å². The average Bonchev–Trinajstić information content (AvgIpc) is 3.88. The molecule has 4 rings (SSSR count). The number of methoxy groups -OCH3 is 2. The van der Waals surface area contributed by atoms with E-state index >= 15 is 0 Å². The Kier molecular flexibility index (Phi) is 28.5. The largest absolute Gasteiger partial charge is 0.379 e. The number of hydrogen-bond acceptors (Lipinski definition) is 13. The summed E-state index contributed by atoms with van der Waals surface area (Å²) in [6, 6.07) is 7.95. The van der Waals surface area contributed by atoms with Crippen molar-refractivity contribution in [1.29, 1.82) is 0 Å². The molecule has 0 radical (unpaired) electrons. The van der Waals surface area contributed by atoms with Crippen LogP contribution in [0.5, 0.6) is 0 Å². The Balaban J connectivity index is 1.32. The van der Waals surface area contributed by atoms with Crippen LogP contribution in [-0.4, -0.2) is 186 Å². The van der Waals surface area contributed by atoms with E-state index in [1.807, 2.05) is 90.4 Å². The first kappa shape index (κ1) is 67.7. The highest BCUT2D eigenvalue weighted by molar-refractivity contribution is 5.90. The van der Waals surface area contributed by atoms with Gasteiger partial charge in [-0.15, -0.1) is 0 Å². The number of nitrogens with zero attached hydrogens (tertiary/aromatic N) is 4. The number of ether oxygens (including phenoxy) is 5. The van der Waals surface area contributed by atoms with Gasteiger partial charge in [0.2, 0.25) is 17.7 Å². The molecule has 2 aliphatic heterocycles. The van der Waals surface area contributed by atoms with Crippen molar-refractivity contribution in [1.82, 2.24) is 25.1 Å². The van der Waals surface area contributed by atoms with Crippen molar-refractivity contribution in [2.75, 3.05) is 94.2 Å². The monoisotopic (exact) mass is 1110 g/mol. The van der Waals surface area contributed by atoms with Crippen molar-refractivity contribution in [3.63, 3.8) is 0 Å². The number of hydrogen-bond donors (Lipinski definition) is 1. The first-order valence-corrected chi connectivity index (χ1v) is 30.1. The zero-order valence-electron chi connectivity index (χ0n) is 51.2. The molecule has 17 heteroatoms. The number of likely N-dealkylation sites (N-methyl/N-ethyl adjacent to an activating group) is 2. The Morgan fingerprint density at radius 2 is 1.46 bits per heavy atom. The lowest BCUT2D eigenvalue weighted by atomic mass is 9.79. The smallest absolute Gasteiger partial charge is 0.252 e. The average molecular weight is 1110 g/mol. The normalized spacial score (nSPS) is 21.4. The molecule has 17 nitrogen and oxygen atoms in total. The summed E-state index contributed by atoms with van der Waals surface area (Å²) < 4.78 is 29.4. The maximum Gasteiger partial charge on any atom is 0.252 e. The summed E-state index contributed by atoms with van der Waals surface area (Å²) in [5, 5.41) is 4.69. The Bertz CT molecular complexity index is 2030. The highest BCUT2D eigenvalue weighted by Crippen LogP contribution is 2.63. The molecule has 3 aliphatic rings. The van der Waals surface area contributed by atoms with Gasteiger partial charge in [-0.1, -0.05) is 106 Å². The van der Waals surface area contributed by atoms with Gasteiger partial charge in [0.1, 0.15) is 17.6 Å². The second kappa shape index (κ2) is 33.3. The van der Waals surface area contributed by atoms with Crippen molar-refractivity contribution < 1.29 is 57.3 Å². The Morgan fingerprint density at radius 3 is 2.03 bits per heavy atom. The molecule has 10 atom stereocenters. The van der Waals surface area contributed by atoms with Crippen molar-refractivity contribution in [2.45, 2.75) is 195 Å². The van der Waals surface area contributed by atoms with E-state index in [2.05, 4.69) is 31.3 Å². The molecule has 2 saturated heterocycles. The van der Waals surface area contributed by atoms with E-state index in [1.54, 1.807) is 31.2 Å². The predicted molar refractivity (Wildman–Crippen MR) is 307 cm³/mol. The van der Waals surface area contributed by atoms with Gasteiger partial charge < -0.3 is 38.8 Å². The molecule has 0 bridgehead atoms. The third kappa shape index (κ3) is 18.6. The summed E-state index contributed by atoms with van der Waals surface area (Å²) in [6.07, 6.45) is 7.03. The molecule has 10 unspecified atom stereocenters. The van der Waals surface area contributed by atoms with E-state index < -0.39 is 41.7 Å². The molecule has 2 heterocycles. The van der Waals surface area contributed by atoms with Crippen LogP contribution in [0.2, 0.25) is 0 Å². The fourth-order valence-electron chi connectivity index (χ4n) is 12.2. The number of carbonyl (C=O) groups is 6. The fraction of sp³-hybridized carbons (Fsp3) is 0.806. The van der Waals surface area contributed by atoms with Crippen LogP contribution in [0, 0.1) is 34.5 Å². The molecule has 1 N–H and O–H groups in total. The van der Waals surface area contributed by atoms with E-state index in [-0.39, 0.29) is 76.7 Å². The summed E-state index contributed by atoms with van der Waals surface area (Å²) in [4.78, 5) is 95.5. The first-order chi connectivity index (χ1) is 37.7. The summed E-state index contributed by atoms with van der Waals surface area (Å²) in [6.45, 7) is 24.4. The van der Waals surface area contributed by atoms with Crippen LogP contribution in [0.25, 0.3) is 0 Å². The number of Topliss-reactive ketones (excluding diaryl/α,β-unsaturated/α-hetero) is 2. The highest BCUT2D eigenvalue weighted by atomic mass is 16.7. The molecule has 450 valence electrons. The summed E-state index contributed by atoms with van der Waals surface area (Å²) in [5.74, 6) is -1.13. The van der Waals surface area contributed by atoms with Gasteiger partial charge in [0.15, 0.2) is 0 Å². The van der Waals surface area contributed by atoms with Crippen molar-refractivity contribution in [2.24, 2.45) is 34.5 Å². The first-order valence-electron chi connectivity index (χ1n) is 30.1. The number of carbonyl (C=O) groups excluding carboxylic acids is 6. The lowest BCUT2D eigenvalue weighted by Gasteiger charge is -2.41. The predicted octanol–water partition coefficient (Wildman–Crippen LogP) is 8.31. The van der Waals surface area contributed by atoms with Gasteiger partial charge in [0.05, 0.1) is 88.4 Å². The van der Waals surface area contributed by atoms with Crippen molar-refractivity contribution >= 4 is 35.2 Å². The van der Waals surface area contributed by atoms with E-state index in [1.165, 1.54) is 0 Å². The van der Waals surface area contributed by atoms with Gasteiger partial charge in [-0.25, -0.2) is 5.06 Å². The van der Waals surface area contributed by atoms with Crippen LogP contribution in [0.1, 0.15) is 164 Å². The van der Waals surface area contributed by atoms with E-state index in [0.717, 1.165) is 44.1 Å². The standard InChI is InChI=1S/C62H105N5O12/c1-15-45(8)56(65(12)59(72)54(43(4)5)63-58(71)55(44(6)7)64(11)33-36-77-38-40-78-39-37-76-35-29-52(69)61(10,16-2)17-3)51(74-13)41-53(70)66-31-24-27-49(66)57(75-14)46(9)50(68)28-23-30-62(60(73)67-32-21-22-34-79-67)42-48(62)47-25-19-18-20-26-47/h18-20,25-26,43-46,48-49,51,54-57H,15-17,21-24,27-42H2,1-14H3,(H,63,71). The number of rotatable bonds is 38. The lowest BCUT2D eigenvalue weighted by Crippen LogP contribution is -2.60. The van der Waals surface area contributed by atoms with Crippen LogP contribution in [0.4, 0.5) is 0 Å². The Labute approximate surface area is 475 Å². The van der Waals surface area contributed by atoms with E-state index in [4.69, 9.17) is 28.5 Å². The molecule has 4 amide bonds. The van der Waals surface area contributed by atoms with Gasteiger partial charge in [-0.3, -0.25) is 38.5 Å². The Hall–Kier alpha value is -3.84. The minimum Gasteiger partial charge on any atom is -0.379 e. The minimum absolute atomic E-state index is 0.0144. The third-order valence-corrected chi connectivity index (χ3v) is 18.0. The number of nitrogens with one attached hydrogen (secondary N) is 1. The van der Waals surface area contributed by atoms with Gasteiger partial charge in [-0.05, 0) is 94.1 Å². The molecule has 1 aromatic carbocycles. The molecule has 0 spiro atoms. The second-order valence-corrected chi connectivity index (χ2v) is 23.9. The summed E-state index contributed by atoms with van der Waals surface area (Å²) in [5.41, 5.74) is 0.251. The van der Waals surface area contributed by atoms with Gasteiger partial charge >= 0.3 is 0 Å². The second-order valence-electron chi connectivity index (χ2n) is 23.9. The molecule has 79 heavy (non-hydrogen) atoms. The third-order valence-electron chi connectivity index (χ3n) is 18.0. The van der Waals surface area contributed by atoms with E-state index in [9.17, 15) is 28.8 Å². The van der Waals surface area contributed by atoms with Crippen LogP contribution < -0.4 is 5.32 Å². The quantitative estimate of drug-likeness (QED) is 0.0625. The van der Waals surface area contributed by atoms with Crippen LogP contribution in [0.3, 0.4) is 0 Å². The maximum absolute atomic E-state index is 14.7. The molecule has 3 fully saturated rings. The molecule has 1 aliphatic carbocycles. The SMILES string of the molecule is CCC(C)C(C(CC(=O)N1CCCC1C(OC)C(C)C(=O)CCCC1(C(=O)N2CCCCO2)CC1c1ccccc1)OC)N(C)C(=O)C(NC(=O)C(C(C)C)N(C)CCOCCOCCOCCC(=O)C(C)(CC)CC)C(C)C. The molecular weight excluding hydrogens is 1010 g/mol. The molecular formula is C62H105N5O12. The fourth-order valence-corrected chi connectivity index (χ4v) is 12.2. The zero-order chi connectivity index (χ0) is 58.5. The van der Waals surface area contributed by atoms with Crippen molar-refractivity contribution in [3.05, 3.63) is 35.9 Å². The summed E-state index contributed by atoms with van der Waals surface area (Å²) in [7, 11) is 6.81. The van der Waals surface area contributed by atoms with Gasteiger partial charge in [0, 0.05) is 65.1 Å². The number of benzene rings is 1. The maximum atomic E-state index is 14.7.